The number of nitrogens with zero attached hydrogens (tertiary/aromatic N) is 1. The lowest BCUT2D eigenvalue weighted by Crippen LogP contribution is -2.47. The molecule has 0 aromatic heterocycles. The molecule has 2 aromatic rings. The van der Waals surface area contributed by atoms with E-state index in [9.17, 15) is 13.2 Å². The number of aryl methyl sites for hydroxylation is 1. The van der Waals surface area contributed by atoms with E-state index in [-0.39, 0.29) is 23.5 Å². The van der Waals surface area contributed by atoms with E-state index in [0.717, 1.165) is 11.3 Å². The maximum Gasteiger partial charge on any atom is 0.260 e. The minimum atomic E-state index is -3.55. The molecule has 1 aliphatic heterocycles. The zero-order valence-electron chi connectivity index (χ0n) is 16.6. The maximum atomic E-state index is 12.5. The number of carbonyl (C=O) groups excluding carboxylic acids is 1. The average molecular weight is 419 g/mol. The van der Waals surface area contributed by atoms with Gasteiger partial charge in [0.25, 0.3) is 5.91 Å². The Labute approximate surface area is 171 Å². The second-order valence-corrected chi connectivity index (χ2v) is 8.77. The molecule has 0 spiro atoms. The molecule has 1 saturated heterocycles. The van der Waals surface area contributed by atoms with Crippen molar-refractivity contribution in [2.45, 2.75) is 30.7 Å². The van der Waals surface area contributed by atoms with Crippen LogP contribution >= 0.6 is 0 Å². The Hall–Kier alpha value is -2.58. The molecule has 29 heavy (non-hydrogen) atoms. The smallest absolute Gasteiger partial charge is 0.260 e. The zero-order valence-corrected chi connectivity index (χ0v) is 17.4. The van der Waals surface area contributed by atoms with Gasteiger partial charge in [-0.25, -0.2) is 13.1 Å². The number of hydrogen-bond acceptors (Lipinski definition) is 5. The molecule has 7 nitrogen and oxygen atoms in total. The fourth-order valence-electron chi connectivity index (χ4n) is 3.16. The minimum Gasteiger partial charge on any atom is -0.497 e. The van der Waals surface area contributed by atoms with Crippen LogP contribution in [0, 0.1) is 6.92 Å². The van der Waals surface area contributed by atoms with Gasteiger partial charge in [0.05, 0.1) is 12.0 Å². The monoisotopic (exact) mass is 418 g/mol. The summed E-state index contributed by atoms with van der Waals surface area (Å²) < 4.78 is 38.4. The number of nitrogens with one attached hydrogen (secondary N) is 1. The summed E-state index contributed by atoms with van der Waals surface area (Å²) in [7, 11) is -1.97. The lowest BCUT2D eigenvalue weighted by atomic mass is 10.1. The van der Waals surface area contributed by atoms with Crippen LogP contribution in [0.4, 0.5) is 0 Å². The Morgan fingerprint density at radius 3 is 2.21 bits per heavy atom. The SMILES string of the molecule is COc1ccc(OCC(=O)N2CCC(NS(=O)(=O)c3ccc(C)cc3)CC2)cc1. The first-order chi connectivity index (χ1) is 13.9. The van der Waals surface area contributed by atoms with Crippen LogP contribution in [0.25, 0.3) is 0 Å². The minimum absolute atomic E-state index is 0.0495. The van der Waals surface area contributed by atoms with Gasteiger partial charge in [-0.2, -0.15) is 0 Å². The van der Waals surface area contributed by atoms with Gasteiger partial charge in [0, 0.05) is 19.1 Å². The van der Waals surface area contributed by atoms with E-state index in [0.29, 0.717) is 31.7 Å². The summed E-state index contributed by atoms with van der Waals surface area (Å²) in [6.07, 6.45) is 1.14. The van der Waals surface area contributed by atoms with Crippen molar-refractivity contribution in [2.75, 3.05) is 26.8 Å². The summed E-state index contributed by atoms with van der Waals surface area (Å²) in [6, 6.07) is 13.6. The molecule has 1 amide bonds. The highest BCUT2D eigenvalue weighted by Gasteiger charge is 2.26. The van der Waals surface area contributed by atoms with Crippen molar-refractivity contribution in [1.82, 2.24) is 9.62 Å². The zero-order chi connectivity index (χ0) is 20.9. The van der Waals surface area contributed by atoms with Gasteiger partial charge in [0.2, 0.25) is 10.0 Å². The molecule has 0 radical (unpaired) electrons. The average Bonchev–Trinajstić information content (AvgIpc) is 2.73. The van der Waals surface area contributed by atoms with Gasteiger partial charge in [-0.1, -0.05) is 17.7 Å². The number of methoxy groups -OCH3 is 1. The number of benzene rings is 2. The molecule has 156 valence electrons. The van der Waals surface area contributed by atoms with Gasteiger partial charge in [0.15, 0.2) is 6.61 Å². The van der Waals surface area contributed by atoms with Crippen molar-refractivity contribution in [3.8, 4) is 11.5 Å². The Bertz CT molecular complexity index is 919. The first-order valence-electron chi connectivity index (χ1n) is 9.51. The van der Waals surface area contributed by atoms with E-state index >= 15 is 0 Å². The highest BCUT2D eigenvalue weighted by Crippen LogP contribution is 2.18. The third-order valence-electron chi connectivity index (χ3n) is 4.92. The highest BCUT2D eigenvalue weighted by molar-refractivity contribution is 7.89. The fraction of sp³-hybridized carbons (Fsp3) is 0.381. The van der Waals surface area contributed by atoms with Crippen LogP contribution < -0.4 is 14.2 Å². The van der Waals surface area contributed by atoms with E-state index in [4.69, 9.17) is 9.47 Å². The molecule has 1 heterocycles. The number of likely N-dealkylation sites (tertiary alicyclic amines) is 1. The van der Waals surface area contributed by atoms with Crippen LogP contribution in [0.15, 0.2) is 53.4 Å². The Balaban J connectivity index is 1.46. The van der Waals surface area contributed by atoms with E-state index in [2.05, 4.69) is 4.72 Å². The predicted octanol–water partition coefficient (Wildman–Crippen LogP) is 2.35. The van der Waals surface area contributed by atoms with Crippen molar-refractivity contribution in [3.63, 3.8) is 0 Å². The summed E-state index contributed by atoms with van der Waals surface area (Å²) >= 11 is 0. The highest BCUT2D eigenvalue weighted by atomic mass is 32.2. The van der Waals surface area contributed by atoms with E-state index in [1.165, 1.54) is 0 Å². The van der Waals surface area contributed by atoms with E-state index in [1.807, 2.05) is 6.92 Å². The summed E-state index contributed by atoms with van der Waals surface area (Å²) in [5, 5.41) is 0. The molecule has 8 heteroatoms. The largest absolute Gasteiger partial charge is 0.497 e. The molecule has 0 atom stereocenters. The maximum absolute atomic E-state index is 12.5. The lowest BCUT2D eigenvalue weighted by molar-refractivity contribution is -0.134. The van der Waals surface area contributed by atoms with Crippen molar-refractivity contribution in [1.29, 1.82) is 0 Å². The molecule has 1 aliphatic rings. The molecule has 0 bridgehead atoms. The van der Waals surface area contributed by atoms with Gasteiger partial charge >= 0.3 is 0 Å². The van der Waals surface area contributed by atoms with Gasteiger partial charge in [-0.15, -0.1) is 0 Å². The van der Waals surface area contributed by atoms with Crippen LogP contribution in [0.3, 0.4) is 0 Å². The molecule has 1 N–H and O–H groups in total. The summed E-state index contributed by atoms with van der Waals surface area (Å²) in [5.41, 5.74) is 1.01. The van der Waals surface area contributed by atoms with Crippen molar-refractivity contribution in [3.05, 3.63) is 54.1 Å². The first-order valence-corrected chi connectivity index (χ1v) is 11.0. The molecular formula is C21H26N2O5S. The second kappa shape index (κ2) is 9.28. The molecule has 3 rings (SSSR count). The molecule has 0 unspecified atom stereocenters. The third kappa shape index (κ3) is 5.71. The van der Waals surface area contributed by atoms with Gasteiger partial charge in [-0.05, 0) is 56.2 Å². The summed E-state index contributed by atoms with van der Waals surface area (Å²) in [4.78, 5) is 14.3. The number of rotatable bonds is 7. The number of sulfonamides is 1. The van der Waals surface area contributed by atoms with Crippen LogP contribution in [-0.2, 0) is 14.8 Å². The Morgan fingerprint density at radius 2 is 1.62 bits per heavy atom. The molecule has 0 saturated carbocycles. The van der Waals surface area contributed by atoms with E-state index in [1.54, 1.807) is 60.5 Å². The Kier molecular flexibility index (Phi) is 6.76. The standard InChI is InChI=1S/C21H26N2O5S/c1-16-3-9-20(10-4-16)29(25,26)22-17-11-13-23(14-12-17)21(24)15-28-19-7-5-18(27-2)6-8-19/h3-10,17,22H,11-15H2,1-2H3. The fourth-order valence-corrected chi connectivity index (χ4v) is 4.46. The normalized spacial score (nSPS) is 15.2. The third-order valence-corrected chi connectivity index (χ3v) is 6.46. The van der Waals surface area contributed by atoms with Gasteiger partial charge in [0.1, 0.15) is 11.5 Å². The Morgan fingerprint density at radius 1 is 1.03 bits per heavy atom. The van der Waals surface area contributed by atoms with Gasteiger partial charge < -0.3 is 14.4 Å². The van der Waals surface area contributed by atoms with Gasteiger partial charge in [-0.3, -0.25) is 4.79 Å². The number of piperidine rings is 1. The number of ether oxygens (including phenoxy) is 2. The topological polar surface area (TPSA) is 84.9 Å². The summed E-state index contributed by atoms with van der Waals surface area (Å²) in [5.74, 6) is 1.21. The predicted molar refractivity (Wildman–Crippen MR) is 110 cm³/mol. The molecule has 0 aliphatic carbocycles. The van der Waals surface area contributed by atoms with Crippen LogP contribution in [0.1, 0.15) is 18.4 Å². The number of amides is 1. The number of hydrogen-bond donors (Lipinski definition) is 1. The van der Waals surface area contributed by atoms with Crippen molar-refractivity contribution >= 4 is 15.9 Å². The van der Waals surface area contributed by atoms with Crippen molar-refractivity contribution < 1.29 is 22.7 Å². The van der Waals surface area contributed by atoms with Crippen LogP contribution in [0.5, 0.6) is 11.5 Å². The number of carbonyl (C=O) groups is 1. The first kappa shape index (κ1) is 21.1. The van der Waals surface area contributed by atoms with Crippen LogP contribution in [-0.4, -0.2) is 52.1 Å². The van der Waals surface area contributed by atoms with Crippen LogP contribution in [0.2, 0.25) is 0 Å². The molecular weight excluding hydrogens is 392 g/mol. The van der Waals surface area contributed by atoms with E-state index < -0.39 is 10.0 Å². The quantitative estimate of drug-likeness (QED) is 0.746. The lowest BCUT2D eigenvalue weighted by Gasteiger charge is -2.32. The second-order valence-electron chi connectivity index (χ2n) is 7.05. The van der Waals surface area contributed by atoms with Crippen molar-refractivity contribution in [2.24, 2.45) is 0 Å². The summed E-state index contributed by atoms with van der Waals surface area (Å²) in [6.45, 7) is 2.85. The molecule has 2 aromatic carbocycles. The molecule has 1 fully saturated rings.